The molecule has 1 N–H and O–H groups in total. The number of hydrogen-bond donors (Lipinski definition) is 1. The Labute approximate surface area is 114 Å². The van der Waals surface area contributed by atoms with Crippen molar-refractivity contribution in [3.63, 3.8) is 0 Å². The second-order valence-electron chi connectivity index (χ2n) is 4.50. The van der Waals surface area contributed by atoms with Gasteiger partial charge in [-0.1, -0.05) is 6.07 Å². The van der Waals surface area contributed by atoms with E-state index in [1.54, 1.807) is 12.1 Å². The van der Waals surface area contributed by atoms with Gasteiger partial charge < -0.3 is 5.32 Å². The number of benzene rings is 1. The maximum absolute atomic E-state index is 13.7. The van der Waals surface area contributed by atoms with E-state index in [1.807, 2.05) is 6.07 Å². The molecule has 96 valence electrons. The van der Waals surface area contributed by atoms with Gasteiger partial charge in [0.15, 0.2) is 0 Å². The summed E-state index contributed by atoms with van der Waals surface area (Å²) in [6.07, 6.45) is 2.33. The summed E-state index contributed by atoms with van der Waals surface area (Å²) < 4.78 is 17.9. The number of rotatable bonds is 4. The van der Waals surface area contributed by atoms with Crippen molar-refractivity contribution in [2.24, 2.45) is 0 Å². The Morgan fingerprint density at radius 2 is 2.32 bits per heavy atom. The molecule has 2 aromatic rings. The van der Waals surface area contributed by atoms with Crippen molar-refractivity contribution in [3.8, 4) is 6.07 Å². The topological polar surface area (TPSA) is 61.6 Å². The molecule has 1 saturated carbocycles. The minimum absolute atomic E-state index is 0.327. The molecular formula is C13H11FN4S. The quantitative estimate of drug-likeness (QED) is 0.930. The predicted molar refractivity (Wildman–Crippen MR) is 70.3 cm³/mol. The lowest BCUT2D eigenvalue weighted by atomic mass is 10.1. The van der Waals surface area contributed by atoms with Gasteiger partial charge in [-0.2, -0.15) is 9.64 Å². The Hall–Kier alpha value is -2.00. The summed E-state index contributed by atoms with van der Waals surface area (Å²) in [5, 5.41) is 12.5. The largest absolute Gasteiger partial charge is 0.356 e. The van der Waals surface area contributed by atoms with Crippen molar-refractivity contribution >= 4 is 16.7 Å². The zero-order valence-electron chi connectivity index (χ0n) is 10.1. The molecule has 0 atom stereocenters. The van der Waals surface area contributed by atoms with Gasteiger partial charge in [-0.05, 0) is 25.0 Å². The van der Waals surface area contributed by atoms with Crippen LogP contribution in [0, 0.1) is 17.1 Å². The predicted octanol–water partition coefficient (Wildman–Crippen LogP) is 3.04. The third-order valence-corrected chi connectivity index (χ3v) is 3.68. The zero-order chi connectivity index (χ0) is 13.2. The summed E-state index contributed by atoms with van der Waals surface area (Å²) in [5.41, 5.74) is 0.843. The molecule has 0 unspecified atom stereocenters. The second-order valence-corrected chi connectivity index (χ2v) is 5.26. The van der Waals surface area contributed by atoms with Crippen LogP contribution in [0.25, 0.3) is 0 Å². The maximum atomic E-state index is 13.7. The second kappa shape index (κ2) is 4.94. The third-order valence-electron chi connectivity index (χ3n) is 3.00. The molecule has 4 nitrogen and oxygen atoms in total. The van der Waals surface area contributed by atoms with Crippen LogP contribution < -0.4 is 5.32 Å². The lowest BCUT2D eigenvalue weighted by molar-refractivity contribution is 0.612. The molecule has 1 fully saturated rings. The van der Waals surface area contributed by atoms with E-state index in [2.05, 4.69) is 14.7 Å². The lowest BCUT2D eigenvalue weighted by Gasteiger charge is -2.04. The van der Waals surface area contributed by atoms with E-state index in [1.165, 1.54) is 30.4 Å². The average molecular weight is 274 g/mol. The van der Waals surface area contributed by atoms with Gasteiger partial charge in [0.05, 0.1) is 11.6 Å². The number of nitrogens with zero attached hydrogens (tertiary/aromatic N) is 3. The van der Waals surface area contributed by atoms with Crippen LogP contribution >= 0.6 is 11.5 Å². The number of anilines is 1. The first kappa shape index (κ1) is 12.1. The fourth-order valence-electron chi connectivity index (χ4n) is 1.75. The summed E-state index contributed by atoms with van der Waals surface area (Å²) in [5.74, 6) is 1.05. The summed E-state index contributed by atoms with van der Waals surface area (Å²) >= 11 is 1.30. The number of aromatic nitrogens is 2. The fourth-order valence-corrected chi connectivity index (χ4v) is 2.39. The molecule has 0 spiro atoms. The van der Waals surface area contributed by atoms with Gasteiger partial charge in [-0.15, -0.1) is 0 Å². The van der Waals surface area contributed by atoms with E-state index in [0.29, 0.717) is 28.7 Å². The minimum Gasteiger partial charge on any atom is -0.356 e. The van der Waals surface area contributed by atoms with E-state index in [9.17, 15) is 4.39 Å². The van der Waals surface area contributed by atoms with Gasteiger partial charge in [-0.25, -0.2) is 9.37 Å². The molecule has 0 saturated heterocycles. The van der Waals surface area contributed by atoms with E-state index in [0.717, 1.165) is 5.82 Å². The molecule has 6 heteroatoms. The third kappa shape index (κ3) is 2.71. The van der Waals surface area contributed by atoms with Gasteiger partial charge in [0.25, 0.3) is 0 Å². The van der Waals surface area contributed by atoms with Crippen LogP contribution in [0.2, 0.25) is 0 Å². The van der Waals surface area contributed by atoms with Crippen molar-refractivity contribution in [3.05, 3.63) is 41.0 Å². The average Bonchev–Trinajstić information content (AvgIpc) is 3.17. The molecule has 1 heterocycles. The van der Waals surface area contributed by atoms with Crippen LogP contribution in [0.3, 0.4) is 0 Å². The van der Waals surface area contributed by atoms with Gasteiger partial charge in [-0.3, -0.25) is 0 Å². The van der Waals surface area contributed by atoms with Crippen LogP contribution in [0.1, 0.15) is 35.7 Å². The van der Waals surface area contributed by atoms with Crippen LogP contribution in [-0.4, -0.2) is 9.36 Å². The summed E-state index contributed by atoms with van der Waals surface area (Å²) in [4.78, 5) is 4.37. The van der Waals surface area contributed by atoms with E-state index >= 15 is 0 Å². The molecular weight excluding hydrogens is 263 g/mol. The molecule has 1 aliphatic rings. The van der Waals surface area contributed by atoms with Crippen LogP contribution in [-0.2, 0) is 6.54 Å². The summed E-state index contributed by atoms with van der Waals surface area (Å²) in [6.45, 7) is 0.344. The SMILES string of the molecule is N#Cc1ccc(CNc2nc(C3CC3)ns2)c(F)c1. The number of nitriles is 1. The van der Waals surface area contributed by atoms with Crippen molar-refractivity contribution in [2.75, 3.05) is 5.32 Å². The number of hydrogen-bond acceptors (Lipinski definition) is 5. The lowest BCUT2D eigenvalue weighted by Crippen LogP contribution is -2.02. The highest BCUT2D eigenvalue weighted by molar-refractivity contribution is 7.09. The fraction of sp³-hybridized carbons (Fsp3) is 0.308. The molecule has 19 heavy (non-hydrogen) atoms. The molecule has 0 bridgehead atoms. The smallest absolute Gasteiger partial charge is 0.202 e. The highest BCUT2D eigenvalue weighted by atomic mass is 32.1. The first-order valence-electron chi connectivity index (χ1n) is 6.02. The van der Waals surface area contributed by atoms with Gasteiger partial charge in [0.2, 0.25) is 5.13 Å². The highest BCUT2D eigenvalue weighted by Crippen LogP contribution is 2.39. The highest BCUT2D eigenvalue weighted by Gasteiger charge is 2.27. The molecule has 1 aromatic carbocycles. The molecule has 3 rings (SSSR count). The maximum Gasteiger partial charge on any atom is 0.202 e. The van der Waals surface area contributed by atoms with Crippen molar-refractivity contribution in [1.82, 2.24) is 9.36 Å². The molecule has 0 radical (unpaired) electrons. The molecule has 1 aromatic heterocycles. The van der Waals surface area contributed by atoms with Crippen molar-refractivity contribution < 1.29 is 4.39 Å². The Balaban J connectivity index is 1.66. The Morgan fingerprint density at radius 1 is 1.47 bits per heavy atom. The van der Waals surface area contributed by atoms with Crippen LogP contribution in [0.5, 0.6) is 0 Å². The van der Waals surface area contributed by atoms with Gasteiger partial charge in [0.1, 0.15) is 11.6 Å². The molecule has 1 aliphatic carbocycles. The van der Waals surface area contributed by atoms with Crippen LogP contribution in [0.4, 0.5) is 9.52 Å². The Morgan fingerprint density at radius 3 is 3.00 bits per heavy atom. The van der Waals surface area contributed by atoms with Crippen molar-refractivity contribution in [1.29, 1.82) is 5.26 Å². The number of halogens is 1. The normalized spacial score (nSPS) is 14.1. The van der Waals surface area contributed by atoms with E-state index in [-0.39, 0.29) is 5.82 Å². The first-order valence-corrected chi connectivity index (χ1v) is 6.79. The number of nitrogens with one attached hydrogen (secondary N) is 1. The Bertz CT molecular complexity index is 642. The summed E-state index contributed by atoms with van der Waals surface area (Å²) in [7, 11) is 0. The Kier molecular flexibility index (Phi) is 3.13. The van der Waals surface area contributed by atoms with Gasteiger partial charge in [0, 0.05) is 29.6 Å². The monoisotopic (exact) mass is 274 g/mol. The van der Waals surface area contributed by atoms with Gasteiger partial charge >= 0.3 is 0 Å². The zero-order valence-corrected chi connectivity index (χ0v) is 10.9. The molecule has 0 amide bonds. The molecule has 0 aliphatic heterocycles. The van der Waals surface area contributed by atoms with Crippen LogP contribution in [0.15, 0.2) is 18.2 Å². The standard InChI is InChI=1S/C13H11FN4S/c14-11-5-8(6-15)1-2-10(11)7-16-13-17-12(18-19-13)9-3-4-9/h1-2,5,9H,3-4,7H2,(H,16,17,18). The first-order chi connectivity index (χ1) is 9.26. The van der Waals surface area contributed by atoms with E-state index in [4.69, 9.17) is 5.26 Å². The van der Waals surface area contributed by atoms with Crippen molar-refractivity contribution in [2.45, 2.75) is 25.3 Å². The summed E-state index contributed by atoms with van der Waals surface area (Å²) in [6, 6.07) is 6.38. The minimum atomic E-state index is -0.376. The van der Waals surface area contributed by atoms with E-state index < -0.39 is 0 Å².